The Kier molecular flexibility index (Phi) is 7.57. The standard InChI is InChI=1S/C37H35N3O8/c1-20-8-11-23(12-9-20)38-40-34(45)27-19-26-24(13-14-25-31(26)35(46)39(33(25)44)17-16-30(42)43)32(21-10-15-28(41)29(18-21)48-2)37(27,36(40)47)22-6-4-3-5-7-22/h3-13,15,18,25-27,31-32,38,41H,14,16-17,19H2,1-2H3,(H,42,43). The van der Waals surface area contributed by atoms with E-state index < -0.39 is 64.6 Å². The number of phenolic OH excluding ortho intramolecular Hbond substituents is 1. The zero-order chi connectivity index (χ0) is 33.9. The highest BCUT2D eigenvalue weighted by Gasteiger charge is 2.70. The number of carbonyl (C=O) groups excluding carboxylic acids is 4. The molecule has 4 amide bonds. The average molecular weight is 650 g/mol. The SMILES string of the molecule is COc1cc(C2C3=CCC4C(=O)N(CCC(=O)O)C(=O)C4C3CC3C(=O)N(Nc4ccc(C)cc4)C(=O)C32c2ccccc2)ccc1O. The summed E-state index contributed by atoms with van der Waals surface area (Å²) in [5.74, 6) is -6.64. The fraction of sp³-hybridized carbons (Fsp3) is 0.324. The molecule has 11 nitrogen and oxygen atoms in total. The molecule has 7 rings (SSSR count). The van der Waals surface area contributed by atoms with Crippen molar-refractivity contribution in [3.8, 4) is 11.5 Å². The third kappa shape index (κ3) is 4.59. The van der Waals surface area contributed by atoms with Gasteiger partial charge >= 0.3 is 5.97 Å². The number of phenols is 1. The number of aromatic hydroxyl groups is 1. The number of aliphatic carboxylic acids is 1. The largest absolute Gasteiger partial charge is 0.504 e. The lowest BCUT2D eigenvalue weighted by atomic mass is 9.49. The summed E-state index contributed by atoms with van der Waals surface area (Å²) >= 11 is 0. The maximum atomic E-state index is 15.1. The number of hydrazine groups is 1. The van der Waals surface area contributed by atoms with E-state index in [0.717, 1.165) is 21.0 Å². The summed E-state index contributed by atoms with van der Waals surface area (Å²) in [6.07, 6.45) is 1.90. The number of carboxylic acid groups (broad SMARTS) is 1. The summed E-state index contributed by atoms with van der Waals surface area (Å²) in [5, 5.41) is 20.9. The van der Waals surface area contributed by atoms with Gasteiger partial charge in [-0.2, -0.15) is 5.01 Å². The number of hydrogen-bond acceptors (Lipinski definition) is 8. The van der Waals surface area contributed by atoms with Gasteiger partial charge in [-0.3, -0.25) is 34.3 Å². The highest BCUT2D eigenvalue weighted by molar-refractivity contribution is 6.13. The molecule has 1 saturated carbocycles. The number of nitrogens with zero attached hydrogens (tertiary/aromatic N) is 2. The molecule has 2 aliphatic carbocycles. The van der Waals surface area contributed by atoms with E-state index in [4.69, 9.17) is 4.74 Å². The van der Waals surface area contributed by atoms with Gasteiger partial charge in [-0.05, 0) is 61.1 Å². The molecule has 2 aliphatic heterocycles. The second kappa shape index (κ2) is 11.7. The number of fused-ring (bicyclic) bond motifs is 4. The minimum Gasteiger partial charge on any atom is -0.504 e. The van der Waals surface area contributed by atoms with E-state index in [1.54, 1.807) is 24.3 Å². The van der Waals surface area contributed by atoms with Crippen molar-refractivity contribution >= 4 is 35.3 Å². The Morgan fingerprint density at radius 1 is 0.958 bits per heavy atom. The second-order valence-corrected chi connectivity index (χ2v) is 13.0. The van der Waals surface area contributed by atoms with E-state index in [9.17, 15) is 29.4 Å². The first kappa shape index (κ1) is 31.2. The molecule has 0 radical (unpaired) electrons. The van der Waals surface area contributed by atoms with Gasteiger partial charge in [0.2, 0.25) is 11.8 Å². The first-order chi connectivity index (χ1) is 23.1. The Morgan fingerprint density at radius 3 is 2.38 bits per heavy atom. The molecule has 2 saturated heterocycles. The van der Waals surface area contributed by atoms with Crippen LogP contribution in [0.25, 0.3) is 0 Å². The van der Waals surface area contributed by atoms with Crippen LogP contribution < -0.4 is 10.2 Å². The number of methoxy groups -OCH3 is 1. The maximum Gasteiger partial charge on any atom is 0.305 e. The van der Waals surface area contributed by atoms with Crippen molar-refractivity contribution in [2.75, 3.05) is 19.1 Å². The van der Waals surface area contributed by atoms with Crippen molar-refractivity contribution in [3.05, 3.63) is 101 Å². The molecular weight excluding hydrogens is 614 g/mol. The van der Waals surface area contributed by atoms with Crippen LogP contribution in [0.5, 0.6) is 11.5 Å². The Hall–Kier alpha value is -5.45. The number of allylic oxidation sites excluding steroid dienone is 2. The van der Waals surface area contributed by atoms with Crippen molar-refractivity contribution < 1.29 is 38.9 Å². The molecule has 11 heteroatoms. The molecule has 3 aromatic rings. The smallest absolute Gasteiger partial charge is 0.305 e. The summed E-state index contributed by atoms with van der Waals surface area (Å²) in [6.45, 7) is 1.70. The number of amides is 4. The minimum absolute atomic E-state index is 0.0984. The first-order valence-corrected chi connectivity index (χ1v) is 16.0. The number of nitrogens with one attached hydrogen (secondary N) is 1. The van der Waals surface area contributed by atoms with Gasteiger partial charge in [-0.15, -0.1) is 0 Å². The van der Waals surface area contributed by atoms with E-state index in [1.165, 1.54) is 13.2 Å². The molecule has 6 unspecified atom stereocenters. The van der Waals surface area contributed by atoms with Crippen LogP contribution in [0.1, 0.15) is 41.9 Å². The van der Waals surface area contributed by atoms with E-state index in [0.29, 0.717) is 16.8 Å². The van der Waals surface area contributed by atoms with Crippen LogP contribution in [0.15, 0.2) is 84.4 Å². The van der Waals surface area contributed by atoms with Crippen molar-refractivity contribution in [2.24, 2.45) is 23.7 Å². The van der Waals surface area contributed by atoms with Crippen LogP contribution in [0, 0.1) is 30.6 Å². The molecule has 0 aromatic heterocycles. The number of ether oxygens (including phenoxy) is 1. The van der Waals surface area contributed by atoms with E-state index in [-0.39, 0.29) is 37.3 Å². The molecule has 3 fully saturated rings. The number of imide groups is 2. The number of anilines is 1. The van der Waals surface area contributed by atoms with Gasteiger partial charge in [0.05, 0.1) is 42.4 Å². The van der Waals surface area contributed by atoms with Crippen LogP contribution in [0.3, 0.4) is 0 Å². The molecule has 6 atom stereocenters. The fourth-order valence-corrected chi connectivity index (χ4v) is 8.49. The number of aryl methyl sites for hydroxylation is 1. The number of carbonyl (C=O) groups is 5. The van der Waals surface area contributed by atoms with Crippen LogP contribution in [0.4, 0.5) is 5.69 Å². The number of rotatable bonds is 8. The number of likely N-dealkylation sites (tertiary alicyclic amines) is 1. The Labute approximate surface area is 276 Å². The van der Waals surface area contributed by atoms with Crippen molar-refractivity contribution in [1.82, 2.24) is 9.91 Å². The van der Waals surface area contributed by atoms with E-state index in [2.05, 4.69) is 5.43 Å². The third-order valence-corrected chi connectivity index (χ3v) is 10.6. The lowest BCUT2D eigenvalue weighted by Crippen LogP contribution is -2.53. The summed E-state index contributed by atoms with van der Waals surface area (Å²) in [4.78, 5) is 69.7. The maximum absolute atomic E-state index is 15.1. The minimum atomic E-state index is -1.46. The van der Waals surface area contributed by atoms with Crippen molar-refractivity contribution in [2.45, 2.75) is 37.5 Å². The van der Waals surface area contributed by atoms with Gasteiger partial charge in [-0.1, -0.05) is 65.7 Å². The van der Waals surface area contributed by atoms with Gasteiger partial charge in [0.1, 0.15) is 0 Å². The lowest BCUT2D eigenvalue weighted by Gasteiger charge is -2.50. The average Bonchev–Trinajstić information content (AvgIpc) is 3.46. The number of hydrogen-bond donors (Lipinski definition) is 3. The molecular formula is C37H35N3O8. The highest BCUT2D eigenvalue weighted by Crippen LogP contribution is 2.64. The quantitative estimate of drug-likeness (QED) is 0.241. The molecule has 246 valence electrons. The molecule has 3 aromatic carbocycles. The molecule has 48 heavy (non-hydrogen) atoms. The summed E-state index contributed by atoms with van der Waals surface area (Å²) < 4.78 is 5.48. The lowest BCUT2D eigenvalue weighted by molar-refractivity contribution is -0.143. The molecule has 3 N–H and O–H groups in total. The fourth-order valence-electron chi connectivity index (χ4n) is 8.49. The van der Waals surface area contributed by atoms with Gasteiger partial charge < -0.3 is 14.9 Å². The van der Waals surface area contributed by atoms with Gasteiger partial charge in [0.15, 0.2) is 11.5 Å². The van der Waals surface area contributed by atoms with Crippen molar-refractivity contribution in [3.63, 3.8) is 0 Å². The summed E-state index contributed by atoms with van der Waals surface area (Å²) in [6, 6.07) is 21.3. The molecule has 0 spiro atoms. The van der Waals surface area contributed by atoms with Crippen LogP contribution in [-0.2, 0) is 29.4 Å². The zero-order valence-corrected chi connectivity index (χ0v) is 26.5. The van der Waals surface area contributed by atoms with Gasteiger partial charge in [-0.25, -0.2) is 0 Å². The Bertz CT molecular complexity index is 1870. The summed E-state index contributed by atoms with van der Waals surface area (Å²) in [7, 11) is 1.43. The predicted molar refractivity (Wildman–Crippen MR) is 172 cm³/mol. The highest BCUT2D eigenvalue weighted by atomic mass is 16.5. The van der Waals surface area contributed by atoms with E-state index >= 15 is 4.79 Å². The van der Waals surface area contributed by atoms with Crippen LogP contribution in [0.2, 0.25) is 0 Å². The summed E-state index contributed by atoms with van der Waals surface area (Å²) in [5.41, 5.74) is 5.15. The van der Waals surface area contributed by atoms with Gasteiger partial charge in [0, 0.05) is 12.5 Å². The Morgan fingerprint density at radius 2 is 1.69 bits per heavy atom. The zero-order valence-electron chi connectivity index (χ0n) is 26.5. The first-order valence-electron chi connectivity index (χ1n) is 16.0. The van der Waals surface area contributed by atoms with Crippen LogP contribution >= 0.6 is 0 Å². The topological polar surface area (TPSA) is 154 Å². The molecule has 2 heterocycles. The second-order valence-electron chi connectivity index (χ2n) is 13.0. The van der Waals surface area contributed by atoms with Crippen LogP contribution in [-0.4, -0.2) is 63.4 Å². The molecule has 0 bridgehead atoms. The predicted octanol–water partition coefficient (Wildman–Crippen LogP) is 4.17. The number of benzene rings is 3. The third-order valence-electron chi connectivity index (χ3n) is 10.6. The van der Waals surface area contributed by atoms with E-state index in [1.807, 2.05) is 55.5 Å². The normalized spacial score (nSPS) is 27.7. The molecule has 4 aliphatic rings. The Balaban J connectivity index is 1.42. The number of carboxylic acids is 1. The van der Waals surface area contributed by atoms with Crippen molar-refractivity contribution in [1.29, 1.82) is 0 Å². The monoisotopic (exact) mass is 649 g/mol. The van der Waals surface area contributed by atoms with Gasteiger partial charge in [0.25, 0.3) is 11.8 Å².